The second-order valence-corrected chi connectivity index (χ2v) is 2.43. The Hall–Kier alpha value is -0.660. The molecule has 0 radical (unpaired) electrons. The Balaban J connectivity index is 0. The SMILES string of the molecule is C/C=C(\N=NCC)C(C)C.CC. The molecule has 0 aromatic heterocycles. The molecule has 0 unspecified atom stereocenters. The molecule has 0 aromatic carbocycles. The molecule has 0 aliphatic carbocycles. The summed E-state index contributed by atoms with van der Waals surface area (Å²) in [4.78, 5) is 0. The summed E-state index contributed by atoms with van der Waals surface area (Å²) in [7, 11) is 0. The van der Waals surface area contributed by atoms with E-state index in [0.717, 1.165) is 12.2 Å². The van der Waals surface area contributed by atoms with Crippen molar-refractivity contribution < 1.29 is 0 Å². The van der Waals surface area contributed by atoms with Crippen LogP contribution >= 0.6 is 0 Å². The molecule has 0 aromatic rings. The Morgan fingerprint density at radius 1 is 1.33 bits per heavy atom. The summed E-state index contributed by atoms with van der Waals surface area (Å²) in [5.74, 6) is 0.486. The van der Waals surface area contributed by atoms with Crippen LogP contribution in [0.1, 0.15) is 41.5 Å². The predicted octanol–water partition coefficient (Wildman–Crippen LogP) is 4.04. The van der Waals surface area contributed by atoms with E-state index in [1.165, 1.54) is 0 Å². The number of nitrogens with zero attached hydrogens (tertiary/aromatic N) is 2. The quantitative estimate of drug-likeness (QED) is 0.571. The second-order valence-electron chi connectivity index (χ2n) is 2.43. The molecule has 0 aliphatic heterocycles. The van der Waals surface area contributed by atoms with Gasteiger partial charge in [0.2, 0.25) is 0 Å². The lowest BCUT2D eigenvalue weighted by atomic mass is 10.1. The molecule has 2 nitrogen and oxygen atoms in total. The van der Waals surface area contributed by atoms with E-state index in [4.69, 9.17) is 0 Å². The highest BCUT2D eigenvalue weighted by molar-refractivity contribution is 4.99. The topological polar surface area (TPSA) is 24.7 Å². The Morgan fingerprint density at radius 3 is 2.08 bits per heavy atom. The first-order chi connectivity index (χ1) is 5.72. The standard InChI is InChI=1S/C8H16N2.C2H6/c1-5-8(7(3)4)10-9-6-2;1-2/h5,7H,6H2,1-4H3;1-2H3/b8-5-,10-9?;. The average Bonchev–Trinajstić information content (AvgIpc) is 2.09. The molecule has 0 rings (SSSR count). The summed E-state index contributed by atoms with van der Waals surface area (Å²) in [6.07, 6.45) is 2.00. The Morgan fingerprint density at radius 2 is 1.83 bits per heavy atom. The highest BCUT2D eigenvalue weighted by Crippen LogP contribution is 2.10. The first-order valence-electron chi connectivity index (χ1n) is 4.76. The van der Waals surface area contributed by atoms with Crippen LogP contribution in [-0.4, -0.2) is 6.54 Å². The summed E-state index contributed by atoms with van der Waals surface area (Å²) < 4.78 is 0. The van der Waals surface area contributed by atoms with Gasteiger partial charge >= 0.3 is 0 Å². The summed E-state index contributed by atoms with van der Waals surface area (Å²) >= 11 is 0. The smallest absolute Gasteiger partial charge is 0.0609 e. The average molecular weight is 170 g/mol. The van der Waals surface area contributed by atoms with Gasteiger partial charge in [0.15, 0.2) is 0 Å². The lowest BCUT2D eigenvalue weighted by Gasteiger charge is -2.01. The highest BCUT2D eigenvalue weighted by Gasteiger charge is 1.97. The van der Waals surface area contributed by atoms with Crippen LogP contribution in [0.5, 0.6) is 0 Å². The van der Waals surface area contributed by atoms with E-state index in [2.05, 4.69) is 24.1 Å². The molecule has 0 aliphatic rings. The molecule has 2 heteroatoms. The molecule has 0 fully saturated rings. The van der Waals surface area contributed by atoms with Crippen molar-refractivity contribution in [2.24, 2.45) is 16.1 Å². The largest absolute Gasteiger partial charge is 0.189 e. The van der Waals surface area contributed by atoms with E-state index in [-0.39, 0.29) is 0 Å². The lowest BCUT2D eigenvalue weighted by Crippen LogP contribution is -1.88. The number of hydrogen-bond acceptors (Lipinski definition) is 2. The maximum atomic E-state index is 4.05. The van der Waals surface area contributed by atoms with Gasteiger partial charge in [-0.2, -0.15) is 10.2 Å². The Kier molecular flexibility index (Phi) is 12.0. The molecule has 12 heavy (non-hydrogen) atoms. The fourth-order valence-corrected chi connectivity index (χ4v) is 0.659. The summed E-state index contributed by atoms with van der Waals surface area (Å²) in [6, 6.07) is 0. The molecule has 0 spiro atoms. The lowest BCUT2D eigenvalue weighted by molar-refractivity contribution is 0.729. The third-order valence-corrected chi connectivity index (χ3v) is 1.21. The molecule has 0 bridgehead atoms. The zero-order chi connectivity index (χ0) is 9.98. The maximum Gasteiger partial charge on any atom is 0.0609 e. The normalized spacial score (nSPS) is 11.8. The minimum atomic E-state index is 0.486. The van der Waals surface area contributed by atoms with E-state index < -0.39 is 0 Å². The van der Waals surface area contributed by atoms with Gasteiger partial charge in [0.1, 0.15) is 0 Å². The first kappa shape index (κ1) is 13.9. The zero-order valence-electron chi connectivity index (χ0n) is 9.26. The van der Waals surface area contributed by atoms with Crippen LogP contribution in [0.25, 0.3) is 0 Å². The molecule has 72 valence electrons. The molecule has 0 saturated heterocycles. The van der Waals surface area contributed by atoms with Gasteiger partial charge in [-0.15, -0.1) is 0 Å². The molecular formula is C10H22N2. The van der Waals surface area contributed by atoms with Gasteiger partial charge < -0.3 is 0 Å². The minimum Gasteiger partial charge on any atom is -0.189 e. The fourth-order valence-electron chi connectivity index (χ4n) is 0.659. The predicted molar refractivity (Wildman–Crippen MR) is 55.3 cm³/mol. The molecule has 0 N–H and O–H groups in total. The van der Waals surface area contributed by atoms with Crippen LogP contribution in [-0.2, 0) is 0 Å². The molecule has 0 saturated carbocycles. The summed E-state index contributed by atoms with van der Waals surface area (Å²) in [6.45, 7) is 13.0. The Bertz CT molecular complexity index is 135. The monoisotopic (exact) mass is 170 g/mol. The van der Waals surface area contributed by atoms with Gasteiger partial charge in [-0.05, 0) is 19.8 Å². The van der Waals surface area contributed by atoms with E-state index in [9.17, 15) is 0 Å². The summed E-state index contributed by atoms with van der Waals surface area (Å²) in [5.41, 5.74) is 1.07. The van der Waals surface area contributed by atoms with Crippen LogP contribution in [0.15, 0.2) is 22.0 Å². The van der Waals surface area contributed by atoms with Crippen molar-refractivity contribution >= 4 is 0 Å². The minimum absolute atomic E-state index is 0.486. The van der Waals surface area contributed by atoms with E-state index in [1.807, 2.05) is 33.8 Å². The van der Waals surface area contributed by atoms with Crippen molar-refractivity contribution in [1.29, 1.82) is 0 Å². The van der Waals surface area contributed by atoms with Crippen LogP contribution < -0.4 is 0 Å². The van der Waals surface area contributed by atoms with Crippen molar-refractivity contribution in [3.63, 3.8) is 0 Å². The molecular weight excluding hydrogens is 148 g/mol. The third kappa shape index (κ3) is 7.45. The number of rotatable bonds is 3. The van der Waals surface area contributed by atoms with Crippen molar-refractivity contribution in [2.45, 2.75) is 41.5 Å². The summed E-state index contributed by atoms with van der Waals surface area (Å²) in [5, 5.41) is 7.97. The molecule has 0 atom stereocenters. The zero-order valence-corrected chi connectivity index (χ0v) is 9.26. The van der Waals surface area contributed by atoms with Crippen LogP contribution in [0.4, 0.5) is 0 Å². The van der Waals surface area contributed by atoms with Gasteiger partial charge in [0.25, 0.3) is 0 Å². The van der Waals surface area contributed by atoms with E-state index >= 15 is 0 Å². The number of azo groups is 1. The van der Waals surface area contributed by atoms with Gasteiger partial charge in [0, 0.05) is 0 Å². The van der Waals surface area contributed by atoms with Gasteiger partial charge in [-0.1, -0.05) is 33.8 Å². The van der Waals surface area contributed by atoms with Crippen LogP contribution in [0.2, 0.25) is 0 Å². The van der Waals surface area contributed by atoms with Crippen molar-refractivity contribution in [3.05, 3.63) is 11.8 Å². The molecule has 0 heterocycles. The highest BCUT2D eigenvalue weighted by atomic mass is 15.1. The van der Waals surface area contributed by atoms with Crippen molar-refractivity contribution in [1.82, 2.24) is 0 Å². The van der Waals surface area contributed by atoms with Gasteiger partial charge in [-0.3, -0.25) is 0 Å². The van der Waals surface area contributed by atoms with E-state index in [0.29, 0.717) is 5.92 Å². The van der Waals surface area contributed by atoms with Gasteiger partial charge in [0.05, 0.1) is 12.2 Å². The van der Waals surface area contributed by atoms with Crippen LogP contribution in [0.3, 0.4) is 0 Å². The van der Waals surface area contributed by atoms with Crippen molar-refractivity contribution in [2.75, 3.05) is 6.54 Å². The van der Waals surface area contributed by atoms with Crippen LogP contribution in [0, 0.1) is 5.92 Å². The third-order valence-electron chi connectivity index (χ3n) is 1.21. The Labute approximate surface area is 76.8 Å². The first-order valence-corrected chi connectivity index (χ1v) is 4.76. The van der Waals surface area contributed by atoms with E-state index in [1.54, 1.807) is 0 Å². The maximum absolute atomic E-state index is 4.05. The second kappa shape index (κ2) is 10.3. The van der Waals surface area contributed by atoms with Crippen molar-refractivity contribution in [3.8, 4) is 0 Å². The molecule has 0 amide bonds. The van der Waals surface area contributed by atoms with Gasteiger partial charge in [-0.25, -0.2) is 0 Å². The fraction of sp³-hybridized carbons (Fsp3) is 0.800. The number of hydrogen-bond donors (Lipinski definition) is 0. The number of allylic oxidation sites excluding steroid dienone is 2.